The predicted molar refractivity (Wildman–Crippen MR) is 83.3 cm³/mol. The molecule has 1 aliphatic heterocycles. The van der Waals surface area contributed by atoms with E-state index in [0.717, 1.165) is 16.8 Å². The molecule has 2 aromatic rings. The van der Waals surface area contributed by atoms with E-state index >= 15 is 0 Å². The highest BCUT2D eigenvalue weighted by molar-refractivity contribution is 5.92. The van der Waals surface area contributed by atoms with Gasteiger partial charge in [0.2, 0.25) is 0 Å². The van der Waals surface area contributed by atoms with Crippen molar-refractivity contribution in [2.45, 2.75) is 19.4 Å². The summed E-state index contributed by atoms with van der Waals surface area (Å²) in [6, 6.07) is 15.3. The lowest BCUT2D eigenvalue weighted by Gasteiger charge is -2.33. The molecule has 21 heavy (non-hydrogen) atoms. The zero-order chi connectivity index (χ0) is 14.8. The summed E-state index contributed by atoms with van der Waals surface area (Å²) in [6.07, 6.45) is 3.74. The van der Waals surface area contributed by atoms with Gasteiger partial charge in [-0.1, -0.05) is 36.4 Å². The second-order valence-electron chi connectivity index (χ2n) is 5.31. The quantitative estimate of drug-likeness (QED) is 0.910. The molecule has 106 valence electrons. The number of allylic oxidation sites excluding steroid dienone is 1. The maximum Gasteiger partial charge on any atom is 0.159 e. The monoisotopic (exact) mass is 279 g/mol. The van der Waals surface area contributed by atoms with Crippen molar-refractivity contribution in [3.8, 4) is 5.75 Å². The molecule has 3 nitrogen and oxygen atoms in total. The lowest BCUT2D eigenvalue weighted by atomic mass is 9.96. The summed E-state index contributed by atoms with van der Waals surface area (Å²) >= 11 is 0. The van der Waals surface area contributed by atoms with Crippen molar-refractivity contribution >= 4 is 11.5 Å². The Morgan fingerprint density at radius 2 is 1.90 bits per heavy atom. The molecule has 0 amide bonds. The molecule has 3 rings (SSSR count). The van der Waals surface area contributed by atoms with Crippen LogP contribution in [-0.2, 0) is 4.79 Å². The molecule has 0 aliphatic carbocycles. The number of aromatic hydroxyl groups is 1. The molecule has 2 aromatic carbocycles. The molecule has 0 bridgehead atoms. The van der Waals surface area contributed by atoms with Crippen molar-refractivity contribution in [3.63, 3.8) is 0 Å². The minimum atomic E-state index is -0.0867. The molecule has 1 aliphatic rings. The second kappa shape index (κ2) is 5.44. The normalized spacial score (nSPS) is 18.0. The van der Waals surface area contributed by atoms with Crippen molar-refractivity contribution in [2.75, 3.05) is 4.90 Å². The van der Waals surface area contributed by atoms with Gasteiger partial charge in [0, 0.05) is 12.6 Å². The minimum absolute atomic E-state index is 0.0867. The van der Waals surface area contributed by atoms with Gasteiger partial charge in [-0.2, -0.15) is 0 Å². The van der Waals surface area contributed by atoms with Crippen LogP contribution in [0.5, 0.6) is 5.75 Å². The van der Waals surface area contributed by atoms with E-state index in [9.17, 15) is 9.90 Å². The van der Waals surface area contributed by atoms with Gasteiger partial charge in [0.05, 0.1) is 11.7 Å². The first-order chi connectivity index (χ1) is 10.1. The number of aryl methyl sites for hydroxylation is 1. The predicted octanol–water partition coefficient (Wildman–Crippen LogP) is 3.73. The van der Waals surface area contributed by atoms with Gasteiger partial charge in [0.25, 0.3) is 0 Å². The molecule has 0 fully saturated rings. The third-order valence-electron chi connectivity index (χ3n) is 3.74. The van der Waals surface area contributed by atoms with Gasteiger partial charge in [-0.15, -0.1) is 0 Å². The smallest absolute Gasteiger partial charge is 0.159 e. The molecule has 0 radical (unpaired) electrons. The molecule has 0 unspecified atom stereocenters. The number of nitrogens with zero attached hydrogens (tertiary/aromatic N) is 1. The van der Waals surface area contributed by atoms with Gasteiger partial charge in [-0.25, -0.2) is 0 Å². The highest BCUT2D eigenvalue weighted by atomic mass is 16.3. The number of carbonyl (C=O) groups excluding carboxylic acids is 1. The van der Waals surface area contributed by atoms with Crippen molar-refractivity contribution < 1.29 is 9.90 Å². The van der Waals surface area contributed by atoms with Crippen LogP contribution in [0.3, 0.4) is 0 Å². The maximum atomic E-state index is 11.8. The van der Waals surface area contributed by atoms with E-state index in [0.29, 0.717) is 6.42 Å². The Balaban J connectivity index is 2.07. The maximum absolute atomic E-state index is 11.8. The average Bonchev–Trinajstić information content (AvgIpc) is 2.51. The van der Waals surface area contributed by atoms with E-state index in [1.807, 2.05) is 54.3 Å². The summed E-state index contributed by atoms with van der Waals surface area (Å²) < 4.78 is 0. The third-order valence-corrected chi connectivity index (χ3v) is 3.74. The molecule has 3 heteroatoms. The lowest BCUT2D eigenvalue weighted by Crippen LogP contribution is -2.29. The van der Waals surface area contributed by atoms with Gasteiger partial charge in [-0.05, 0) is 36.3 Å². The number of carbonyl (C=O) groups is 1. The van der Waals surface area contributed by atoms with Crippen LogP contribution >= 0.6 is 0 Å². The number of ketones is 1. The zero-order valence-corrected chi connectivity index (χ0v) is 11.9. The van der Waals surface area contributed by atoms with E-state index in [-0.39, 0.29) is 17.6 Å². The largest absolute Gasteiger partial charge is 0.506 e. The van der Waals surface area contributed by atoms with Gasteiger partial charge >= 0.3 is 0 Å². The number of benzene rings is 2. The lowest BCUT2D eigenvalue weighted by molar-refractivity contribution is -0.115. The topological polar surface area (TPSA) is 40.5 Å². The summed E-state index contributed by atoms with van der Waals surface area (Å²) in [5, 5.41) is 10.2. The van der Waals surface area contributed by atoms with Gasteiger partial charge < -0.3 is 10.0 Å². The van der Waals surface area contributed by atoms with Crippen LogP contribution in [0.15, 0.2) is 60.8 Å². The summed E-state index contributed by atoms with van der Waals surface area (Å²) in [4.78, 5) is 13.8. The summed E-state index contributed by atoms with van der Waals surface area (Å²) in [5.74, 6) is 0.327. The van der Waals surface area contributed by atoms with E-state index < -0.39 is 0 Å². The van der Waals surface area contributed by atoms with Crippen LogP contribution in [0.25, 0.3) is 0 Å². The minimum Gasteiger partial charge on any atom is -0.506 e. The van der Waals surface area contributed by atoms with E-state index in [1.165, 1.54) is 0 Å². The molecule has 1 heterocycles. The van der Waals surface area contributed by atoms with Crippen molar-refractivity contribution in [1.29, 1.82) is 0 Å². The summed E-state index contributed by atoms with van der Waals surface area (Å²) in [5.41, 5.74) is 2.86. The number of anilines is 1. The summed E-state index contributed by atoms with van der Waals surface area (Å²) in [6.45, 7) is 1.99. The van der Waals surface area contributed by atoms with Gasteiger partial charge in [-0.3, -0.25) is 4.79 Å². The Morgan fingerprint density at radius 1 is 1.14 bits per heavy atom. The van der Waals surface area contributed by atoms with Crippen LogP contribution in [-0.4, -0.2) is 10.9 Å². The first-order valence-corrected chi connectivity index (χ1v) is 6.99. The molecule has 0 saturated carbocycles. The Hall–Kier alpha value is -2.55. The molecule has 1 atom stereocenters. The highest BCUT2D eigenvalue weighted by Gasteiger charge is 2.26. The van der Waals surface area contributed by atoms with Crippen molar-refractivity contribution in [1.82, 2.24) is 0 Å². The molecular formula is C18H17NO2. The van der Waals surface area contributed by atoms with E-state index in [4.69, 9.17) is 0 Å². The van der Waals surface area contributed by atoms with E-state index in [1.54, 1.807) is 18.3 Å². The van der Waals surface area contributed by atoms with Crippen LogP contribution in [0.2, 0.25) is 0 Å². The fourth-order valence-electron chi connectivity index (χ4n) is 2.67. The Bertz CT molecular complexity index is 692. The van der Waals surface area contributed by atoms with Gasteiger partial charge in [0.1, 0.15) is 5.75 Å². The molecular weight excluding hydrogens is 262 g/mol. The van der Waals surface area contributed by atoms with Crippen LogP contribution < -0.4 is 4.90 Å². The van der Waals surface area contributed by atoms with Crippen molar-refractivity contribution in [2.24, 2.45) is 0 Å². The van der Waals surface area contributed by atoms with Crippen molar-refractivity contribution in [3.05, 3.63) is 71.9 Å². The first-order valence-electron chi connectivity index (χ1n) is 6.99. The van der Waals surface area contributed by atoms with Crippen LogP contribution in [0.1, 0.15) is 23.6 Å². The first kappa shape index (κ1) is 13.4. The zero-order valence-electron chi connectivity index (χ0n) is 11.9. The molecule has 0 saturated heterocycles. The number of phenols is 1. The fraction of sp³-hybridized carbons (Fsp3) is 0.167. The average molecular weight is 279 g/mol. The van der Waals surface area contributed by atoms with Crippen LogP contribution in [0.4, 0.5) is 5.69 Å². The Morgan fingerprint density at radius 3 is 2.67 bits per heavy atom. The Kier molecular flexibility index (Phi) is 3.48. The summed E-state index contributed by atoms with van der Waals surface area (Å²) in [7, 11) is 0. The molecule has 0 spiro atoms. The number of rotatable bonds is 2. The number of hydrogen-bond donors (Lipinski definition) is 1. The number of hydrogen-bond acceptors (Lipinski definition) is 3. The number of phenolic OH excluding ortho intramolecular Hbond substituents is 1. The third kappa shape index (κ3) is 2.68. The highest BCUT2D eigenvalue weighted by Crippen LogP contribution is 2.38. The Labute approximate surface area is 124 Å². The molecule has 1 N–H and O–H groups in total. The fourth-order valence-corrected chi connectivity index (χ4v) is 2.67. The second-order valence-corrected chi connectivity index (χ2v) is 5.31. The van der Waals surface area contributed by atoms with Gasteiger partial charge in [0.15, 0.2) is 5.78 Å². The SMILES string of the molecule is Cc1ccc(O)c(N2C=CC(=O)C[C@H]2c2ccccc2)c1. The van der Waals surface area contributed by atoms with Crippen LogP contribution in [0, 0.1) is 6.92 Å². The van der Waals surface area contributed by atoms with E-state index in [2.05, 4.69) is 0 Å². The molecule has 0 aromatic heterocycles. The standard InChI is InChI=1S/C18H17NO2/c1-13-7-8-18(21)17(11-13)19-10-9-15(20)12-16(19)14-5-3-2-4-6-14/h2-11,16,21H,12H2,1H3/t16-/m0/s1.